The third-order valence-electron chi connectivity index (χ3n) is 0. The molecule has 0 rings (SSSR count). The number of rotatable bonds is 0. The van der Waals surface area contributed by atoms with Gasteiger partial charge in [0.05, 0.1) is 8.41 Å². The van der Waals surface area contributed by atoms with Gasteiger partial charge in [-0.3, -0.25) is 0 Å². The summed E-state index contributed by atoms with van der Waals surface area (Å²) in [6.07, 6.45) is 4.08. The van der Waals surface area contributed by atoms with Crippen molar-refractivity contribution in [3.8, 4) is 0 Å². The molecule has 0 unspecified atom stereocenters. The van der Waals surface area contributed by atoms with Crippen LogP contribution in [0.15, 0.2) is 0 Å². The molecule has 0 aromatic heterocycles. The Bertz CT molecular complexity index is 9.61. The molecule has 0 aromatic carbocycles. The van der Waals surface area contributed by atoms with Gasteiger partial charge in [-0.2, -0.15) is 11.8 Å². The van der Waals surface area contributed by atoms with Crippen LogP contribution in [0.5, 0.6) is 0 Å². The lowest BCUT2D eigenvalue weighted by molar-refractivity contribution is 0.824. The van der Waals surface area contributed by atoms with E-state index in [9.17, 15) is 0 Å². The molecule has 2 N–H and O–H groups in total. The van der Waals surface area contributed by atoms with Crippen LogP contribution in [0.4, 0.5) is 0 Å². The number of hydrogen-bond donors (Lipinski definition) is 0. The maximum Gasteiger partial charge on any atom is 0.0814 e. The smallest absolute Gasteiger partial charge is 0.0814 e. The molecule has 34 valence electrons. The minimum absolute atomic E-state index is 0. The molecule has 1 nitrogen and oxygen atoms in total. The molecule has 0 aliphatic carbocycles. The zero-order chi connectivity index (χ0) is 2.71. The number of thioether (sulfide) groups is 1. The molecular formula is C2H11BOS. The van der Waals surface area contributed by atoms with Crippen LogP contribution in [-0.4, -0.2) is 26.4 Å². The van der Waals surface area contributed by atoms with Gasteiger partial charge in [-0.1, -0.05) is 0 Å². The molecule has 0 saturated carbocycles. The van der Waals surface area contributed by atoms with E-state index in [2.05, 4.69) is 0 Å². The maximum absolute atomic E-state index is 2.04. The van der Waals surface area contributed by atoms with E-state index in [1.807, 2.05) is 12.5 Å². The summed E-state index contributed by atoms with van der Waals surface area (Å²) >= 11 is 1.75. The fraction of sp³-hybridized carbons (Fsp3) is 1.00. The minimum Gasteiger partial charge on any atom is -0.412 e. The number of hydrogen-bond acceptors (Lipinski definition) is 1. The lowest BCUT2D eigenvalue weighted by atomic mass is 10.8. The van der Waals surface area contributed by atoms with Gasteiger partial charge < -0.3 is 5.48 Å². The summed E-state index contributed by atoms with van der Waals surface area (Å²) in [5, 5.41) is 0. The molecule has 0 atom stereocenters. The minimum atomic E-state index is 0. The lowest BCUT2D eigenvalue weighted by Gasteiger charge is -1.51. The van der Waals surface area contributed by atoms with Crippen LogP contribution in [-0.2, 0) is 0 Å². The lowest BCUT2D eigenvalue weighted by Crippen LogP contribution is -1.25. The summed E-state index contributed by atoms with van der Waals surface area (Å²) in [4.78, 5) is 0. The van der Waals surface area contributed by atoms with E-state index in [4.69, 9.17) is 0 Å². The second-order valence-electron chi connectivity index (χ2n) is 0.408. The summed E-state index contributed by atoms with van der Waals surface area (Å²) in [5.41, 5.74) is 0. The van der Waals surface area contributed by atoms with Crippen LogP contribution in [0.1, 0.15) is 0 Å². The normalized spacial score (nSPS) is 3.60. The Morgan fingerprint density at radius 2 is 1.20 bits per heavy atom. The van der Waals surface area contributed by atoms with Crippen LogP contribution in [0, 0.1) is 0 Å². The van der Waals surface area contributed by atoms with Gasteiger partial charge in [-0.15, -0.1) is 0 Å². The third kappa shape index (κ3) is 176. The zero-order valence-electron chi connectivity index (χ0n) is 2.91. The molecule has 3 heteroatoms. The average Bonchev–Trinajstić information content (AvgIpc) is 0.918. The van der Waals surface area contributed by atoms with E-state index in [0.29, 0.717) is 0 Å². The Morgan fingerprint density at radius 3 is 1.20 bits per heavy atom. The Labute approximate surface area is 39.0 Å². The van der Waals surface area contributed by atoms with Gasteiger partial charge in [-0.05, 0) is 12.5 Å². The fourth-order valence-electron chi connectivity index (χ4n) is 0. The molecule has 0 heterocycles. The van der Waals surface area contributed by atoms with Crippen molar-refractivity contribution in [1.29, 1.82) is 0 Å². The first-order valence-corrected chi connectivity index (χ1v) is 2.45. The topological polar surface area (TPSA) is 31.5 Å². The first-order chi connectivity index (χ1) is 1.41. The summed E-state index contributed by atoms with van der Waals surface area (Å²) in [6, 6.07) is 0. The zero-order valence-corrected chi connectivity index (χ0v) is 3.72. The van der Waals surface area contributed by atoms with Crippen molar-refractivity contribution in [2.75, 3.05) is 12.5 Å². The molecule has 0 aliphatic heterocycles. The molecule has 0 fully saturated rings. The molecule has 0 spiro atoms. The highest BCUT2D eigenvalue weighted by Crippen LogP contribution is 1.70. The first-order valence-electron chi connectivity index (χ1n) is 0.816. The molecule has 0 saturated heterocycles. The van der Waals surface area contributed by atoms with E-state index in [1.165, 1.54) is 0 Å². The summed E-state index contributed by atoms with van der Waals surface area (Å²) in [6.45, 7) is 0. The van der Waals surface area contributed by atoms with E-state index in [1.54, 1.807) is 11.8 Å². The van der Waals surface area contributed by atoms with Crippen molar-refractivity contribution in [1.82, 2.24) is 0 Å². The van der Waals surface area contributed by atoms with Crippen molar-refractivity contribution in [2.45, 2.75) is 0 Å². The molecule has 0 aliphatic rings. The SMILES string of the molecule is B.CSC.O. The summed E-state index contributed by atoms with van der Waals surface area (Å²) < 4.78 is 0. The third-order valence-corrected chi connectivity index (χ3v) is 0. The van der Waals surface area contributed by atoms with Gasteiger partial charge in [-0.25, -0.2) is 0 Å². The van der Waals surface area contributed by atoms with Crippen LogP contribution in [0.25, 0.3) is 0 Å². The fourth-order valence-corrected chi connectivity index (χ4v) is 0. The average molecular weight is 94.0 g/mol. The van der Waals surface area contributed by atoms with Gasteiger partial charge in [0.1, 0.15) is 0 Å². The second kappa shape index (κ2) is 26.4. The van der Waals surface area contributed by atoms with Crippen molar-refractivity contribution in [3.63, 3.8) is 0 Å². The van der Waals surface area contributed by atoms with E-state index in [0.717, 1.165) is 0 Å². The van der Waals surface area contributed by atoms with Crippen LogP contribution in [0.2, 0.25) is 0 Å². The van der Waals surface area contributed by atoms with Crippen LogP contribution >= 0.6 is 11.8 Å². The van der Waals surface area contributed by atoms with E-state index >= 15 is 0 Å². The predicted molar refractivity (Wildman–Crippen MR) is 33.0 cm³/mol. The summed E-state index contributed by atoms with van der Waals surface area (Å²) in [7, 11) is 0. The largest absolute Gasteiger partial charge is 0.412 e. The predicted octanol–water partition coefficient (Wildman–Crippen LogP) is -1.03. The van der Waals surface area contributed by atoms with Gasteiger partial charge >= 0.3 is 0 Å². The monoisotopic (exact) mass is 94.1 g/mol. The first kappa shape index (κ1) is 18.2. The van der Waals surface area contributed by atoms with Crippen molar-refractivity contribution in [2.24, 2.45) is 0 Å². The van der Waals surface area contributed by atoms with Crippen molar-refractivity contribution >= 4 is 20.2 Å². The molecule has 0 radical (unpaired) electrons. The van der Waals surface area contributed by atoms with Crippen LogP contribution in [0.3, 0.4) is 0 Å². The quantitative estimate of drug-likeness (QED) is 0.353. The van der Waals surface area contributed by atoms with Gasteiger partial charge in [0, 0.05) is 0 Å². The second-order valence-corrected chi connectivity index (χ2v) is 1.22. The van der Waals surface area contributed by atoms with Crippen molar-refractivity contribution in [3.05, 3.63) is 0 Å². The highest BCUT2D eigenvalue weighted by Gasteiger charge is 1.32. The maximum atomic E-state index is 2.04. The van der Waals surface area contributed by atoms with Crippen molar-refractivity contribution < 1.29 is 5.48 Å². The Kier molecular flexibility index (Phi) is 96.2. The Balaban J connectivity index is -0.0000000200. The van der Waals surface area contributed by atoms with E-state index in [-0.39, 0.29) is 13.9 Å². The van der Waals surface area contributed by atoms with Gasteiger partial charge in [0.25, 0.3) is 0 Å². The molecule has 5 heavy (non-hydrogen) atoms. The van der Waals surface area contributed by atoms with Crippen LogP contribution < -0.4 is 0 Å². The molecular weight excluding hydrogens is 82.9 g/mol. The standard InChI is InChI=1S/C2H6S.BH3.H2O/c1-3-2;;/h1-2H3;1H3;1H2. The molecule has 0 bridgehead atoms. The van der Waals surface area contributed by atoms with E-state index < -0.39 is 0 Å². The summed E-state index contributed by atoms with van der Waals surface area (Å²) in [5.74, 6) is 0. The highest BCUT2D eigenvalue weighted by molar-refractivity contribution is 7.97. The Morgan fingerprint density at radius 1 is 1.20 bits per heavy atom. The molecule has 0 aromatic rings. The van der Waals surface area contributed by atoms with Gasteiger partial charge in [0.2, 0.25) is 0 Å². The molecule has 0 amide bonds. The highest BCUT2D eigenvalue weighted by atomic mass is 32.2. The Hall–Kier alpha value is 0.375. The van der Waals surface area contributed by atoms with Gasteiger partial charge in [0.15, 0.2) is 0 Å².